The largest absolute Gasteiger partial charge is 0.467 e. The first-order valence-electron chi connectivity index (χ1n) is 9.25. The standard InChI is InChI=1S/C22H23N3O3S/c1-14-8-9-18(12-15(14)2)29-22-19(7-4-10-23-22)21(27)25-16(3)20(26)24-13-17-6-5-11-28-17/h4-12,16H,13H2,1-3H3,(H,24,26)(H,25,27). The Bertz CT molecular complexity index is 1000. The molecule has 0 spiro atoms. The summed E-state index contributed by atoms with van der Waals surface area (Å²) in [5, 5.41) is 6.07. The van der Waals surface area contributed by atoms with E-state index in [1.165, 1.54) is 22.9 Å². The highest BCUT2D eigenvalue weighted by atomic mass is 32.2. The molecule has 3 aromatic rings. The Morgan fingerprint density at radius 2 is 1.97 bits per heavy atom. The van der Waals surface area contributed by atoms with Gasteiger partial charge in [0.1, 0.15) is 16.8 Å². The second kappa shape index (κ2) is 9.43. The van der Waals surface area contributed by atoms with E-state index < -0.39 is 6.04 Å². The smallest absolute Gasteiger partial charge is 0.254 e. The van der Waals surface area contributed by atoms with Gasteiger partial charge in [-0.1, -0.05) is 17.8 Å². The quantitative estimate of drug-likeness (QED) is 0.619. The van der Waals surface area contributed by atoms with Crippen molar-refractivity contribution in [1.29, 1.82) is 0 Å². The highest BCUT2D eigenvalue weighted by Gasteiger charge is 2.19. The zero-order chi connectivity index (χ0) is 20.8. The van der Waals surface area contributed by atoms with Crippen molar-refractivity contribution >= 4 is 23.6 Å². The Morgan fingerprint density at radius 3 is 2.69 bits per heavy atom. The minimum Gasteiger partial charge on any atom is -0.467 e. The summed E-state index contributed by atoms with van der Waals surface area (Å²) in [6.07, 6.45) is 3.20. The third-order valence-electron chi connectivity index (χ3n) is 4.47. The summed E-state index contributed by atoms with van der Waals surface area (Å²) < 4.78 is 5.19. The number of aromatic nitrogens is 1. The van der Waals surface area contributed by atoms with Crippen LogP contribution in [-0.2, 0) is 11.3 Å². The molecule has 2 heterocycles. The van der Waals surface area contributed by atoms with Crippen LogP contribution in [0.15, 0.2) is 69.3 Å². The van der Waals surface area contributed by atoms with E-state index >= 15 is 0 Å². The first-order chi connectivity index (χ1) is 13.9. The van der Waals surface area contributed by atoms with Gasteiger partial charge in [-0.25, -0.2) is 4.98 Å². The number of nitrogens with one attached hydrogen (secondary N) is 2. The summed E-state index contributed by atoms with van der Waals surface area (Å²) in [6, 6.07) is 12.4. The summed E-state index contributed by atoms with van der Waals surface area (Å²) in [5.74, 6) is 0.0169. The fourth-order valence-corrected chi connectivity index (χ4v) is 3.59. The van der Waals surface area contributed by atoms with Crippen molar-refractivity contribution in [2.24, 2.45) is 0 Å². The van der Waals surface area contributed by atoms with Gasteiger partial charge < -0.3 is 15.1 Å². The van der Waals surface area contributed by atoms with E-state index in [9.17, 15) is 9.59 Å². The van der Waals surface area contributed by atoms with Crippen LogP contribution in [0.25, 0.3) is 0 Å². The molecule has 3 rings (SSSR count). The van der Waals surface area contributed by atoms with Crippen LogP contribution in [0.2, 0.25) is 0 Å². The van der Waals surface area contributed by atoms with Crippen LogP contribution in [-0.4, -0.2) is 22.8 Å². The number of nitrogens with zero attached hydrogens (tertiary/aromatic N) is 1. The molecule has 0 saturated heterocycles. The minimum atomic E-state index is -0.697. The molecule has 0 radical (unpaired) electrons. The van der Waals surface area contributed by atoms with Crippen LogP contribution >= 0.6 is 11.8 Å². The Labute approximate surface area is 174 Å². The second-order valence-corrected chi connectivity index (χ2v) is 7.76. The molecule has 1 unspecified atom stereocenters. The van der Waals surface area contributed by atoms with Crippen LogP contribution < -0.4 is 10.6 Å². The van der Waals surface area contributed by atoms with Crippen LogP contribution in [0.1, 0.15) is 34.2 Å². The number of aryl methyl sites for hydroxylation is 2. The van der Waals surface area contributed by atoms with Crippen LogP contribution in [0.5, 0.6) is 0 Å². The molecule has 2 aromatic heterocycles. The van der Waals surface area contributed by atoms with Crippen molar-refractivity contribution in [3.05, 3.63) is 77.4 Å². The normalized spacial score (nSPS) is 11.7. The molecule has 7 heteroatoms. The van der Waals surface area contributed by atoms with Gasteiger partial charge in [0.05, 0.1) is 18.4 Å². The van der Waals surface area contributed by atoms with Gasteiger partial charge in [-0.05, 0) is 68.3 Å². The second-order valence-electron chi connectivity index (χ2n) is 6.70. The molecule has 0 aliphatic carbocycles. The van der Waals surface area contributed by atoms with Crippen LogP contribution in [0, 0.1) is 13.8 Å². The van der Waals surface area contributed by atoms with E-state index in [-0.39, 0.29) is 18.4 Å². The van der Waals surface area contributed by atoms with Crippen molar-refractivity contribution in [3.63, 3.8) is 0 Å². The van der Waals surface area contributed by atoms with Gasteiger partial charge in [0.2, 0.25) is 5.91 Å². The number of pyridine rings is 1. The zero-order valence-electron chi connectivity index (χ0n) is 16.6. The molecule has 29 heavy (non-hydrogen) atoms. The molecular weight excluding hydrogens is 386 g/mol. The Kier molecular flexibility index (Phi) is 6.72. The maximum atomic E-state index is 12.8. The number of benzene rings is 1. The monoisotopic (exact) mass is 409 g/mol. The highest BCUT2D eigenvalue weighted by Crippen LogP contribution is 2.30. The Hall–Kier alpha value is -3.06. The van der Waals surface area contributed by atoms with Crippen LogP contribution in [0.4, 0.5) is 0 Å². The SMILES string of the molecule is Cc1ccc(Sc2ncccc2C(=O)NC(C)C(=O)NCc2ccco2)cc1C. The first kappa shape index (κ1) is 20.7. The third-order valence-corrected chi connectivity index (χ3v) is 5.47. The molecule has 1 atom stereocenters. The van der Waals surface area contributed by atoms with E-state index in [1.54, 1.807) is 43.6 Å². The molecule has 0 aliphatic heterocycles. The number of hydrogen-bond donors (Lipinski definition) is 2. The minimum absolute atomic E-state index is 0.271. The predicted molar refractivity (Wildman–Crippen MR) is 112 cm³/mol. The molecule has 2 N–H and O–H groups in total. The van der Waals surface area contributed by atoms with E-state index in [0.717, 1.165) is 4.90 Å². The summed E-state index contributed by atoms with van der Waals surface area (Å²) >= 11 is 1.42. The molecule has 0 fully saturated rings. The zero-order valence-corrected chi connectivity index (χ0v) is 17.4. The van der Waals surface area contributed by atoms with Crippen molar-refractivity contribution in [2.75, 3.05) is 0 Å². The summed E-state index contributed by atoms with van der Waals surface area (Å²) in [6.45, 7) is 6.02. The topological polar surface area (TPSA) is 84.2 Å². The maximum absolute atomic E-state index is 12.8. The van der Waals surface area contributed by atoms with Crippen molar-refractivity contribution in [2.45, 2.75) is 43.3 Å². The highest BCUT2D eigenvalue weighted by molar-refractivity contribution is 7.99. The molecular formula is C22H23N3O3S. The van der Waals surface area contributed by atoms with Gasteiger partial charge in [-0.15, -0.1) is 0 Å². The van der Waals surface area contributed by atoms with Gasteiger partial charge >= 0.3 is 0 Å². The summed E-state index contributed by atoms with van der Waals surface area (Å²) in [7, 11) is 0. The lowest BCUT2D eigenvalue weighted by molar-refractivity contribution is -0.122. The molecule has 0 bridgehead atoms. The van der Waals surface area contributed by atoms with Crippen molar-refractivity contribution in [3.8, 4) is 0 Å². The maximum Gasteiger partial charge on any atom is 0.254 e. The lowest BCUT2D eigenvalue weighted by atomic mass is 10.1. The van der Waals surface area contributed by atoms with Crippen molar-refractivity contribution < 1.29 is 14.0 Å². The van der Waals surface area contributed by atoms with Gasteiger partial charge in [-0.3, -0.25) is 9.59 Å². The van der Waals surface area contributed by atoms with E-state index in [2.05, 4.69) is 35.5 Å². The number of amides is 2. The average molecular weight is 410 g/mol. The van der Waals surface area contributed by atoms with Crippen molar-refractivity contribution in [1.82, 2.24) is 15.6 Å². The number of hydrogen-bond acceptors (Lipinski definition) is 5. The van der Waals surface area contributed by atoms with E-state index in [4.69, 9.17) is 4.42 Å². The summed E-state index contributed by atoms with van der Waals surface area (Å²) in [5.41, 5.74) is 2.82. The van der Waals surface area contributed by atoms with Gasteiger partial charge in [0, 0.05) is 11.1 Å². The number of rotatable bonds is 7. The van der Waals surface area contributed by atoms with Gasteiger partial charge in [0.15, 0.2) is 0 Å². The van der Waals surface area contributed by atoms with E-state index in [1.807, 2.05) is 12.1 Å². The fourth-order valence-electron chi connectivity index (χ4n) is 2.61. The predicted octanol–water partition coefficient (Wildman–Crippen LogP) is 3.88. The van der Waals surface area contributed by atoms with Crippen LogP contribution in [0.3, 0.4) is 0 Å². The third kappa shape index (κ3) is 5.48. The molecule has 2 amide bonds. The average Bonchev–Trinajstić information content (AvgIpc) is 3.23. The fraction of sp³-hybridized carbons (Fsp3) is 0.227. The van der Waals surface area contributed by atoms with Gasteiger partial charge in [0.25, 0.3) is 5.91 Å². The molecule has 1 aromatic carbocycles. The number of furan rings is 1. The Balaban J connectivity index is 1.65. The molecule has 0 aliphatic rings. The molecule has 6 nitrogen and oxygen atoms in total. The first-order valence-corrected chi connectivity index (χ1v) is 10.1. The number of carbonyl (C=O) groups excluding carboxylic acids is 2. The molecule has 0 saturated carbocycles. The Morgan fingerprint density at radius 1 is 1.14 bits per heavy atom. The summed E-state index contributed by atoms with van der Waals surface area (Å²) in [4.78, 5) is 30.4. The molecule has 150 valence electrons. The number of carbonyl (C=O) groups is 2. The van der Waals surface area contributed by atoms with E-state index in [0.29, 0.717) is 16.3 Å². The lowest BCUT2D eigenvalue weighted by Crippen LogP contribution is -2.44. The lowest BCUT2D eigenvalue weighted by Gasteiger charge is -2.15. The van der Waals surface area contributed by atoms with Gasteiger partial charge in [-0.2, -0.15) is 0 Å².